The maximum absolute atomic E-state index is 12.6. The van der Waals surface area contributed by atoms with Gasteiger partial charge in [-0.05, 0) is 18.4 Å². The van der Waals surface area contributed by atoms with E-state index in [1.54, 1.807) is 0 Å². The van der Waals surface area contributed by atoms with Gasteiger partial charge in [0.25, 0.3) is 0 Å². The van der Waals surface area contributed by atoms with Crippen LogP contribution in [0.1, 0.15) is 18.4 Å². The zero-order chi connectivity index (χ0) is 13.5. The van der Waals surface area contributed by atoms with Gasteiger partial charge >= 0.3 is 0 Å². The van der Waals surface area contributed by atoms with Crippen molar-refractivity contribution in [3.05, 3.63) is 48.2 Å². The molecule has 0 aliphatic carbocycles. The Balaban J connectivity index is 1.81. The third kappa shape index (κ3) is 1.95. The number of nitrogens with one attached hydrogen (secondary N) is 1. The maximum Gasteiger partial charge on any atom is 0.245 e. The molecule has 1 N–H and O–H groups in total. The fourth-order valence-electron chi connectivity index (χ4n) is 3.23. The Morgan fingerprint density at radius 1 is 1.42 bits per heavy atom. The summed E-state index contributed by atoms with van der Waals surface area (Å²) in [6, 6.07) is 9.98. The van der Waals surface area contributed by atoms with Crippen molar-refractivity contribution in [1.82, 2.24) is 10.2 Å². The Labute approximate surface area is 115 Å². The molecule has 3 nitrogen and oxygen atoms in total. The summed E-state index contributed by atoms with van der Waals surface area (Å²) in [7, 11) is 2.12. The minimum atomic E-state index is -0.176. The second-order valence-corrected chi connectivity index (χ2v) is 5.73. The van der Waals surface area contributed by atoms with Gasteiger partial charge in [-0.1, -0.05) is 36.9 Å². The highest BCUT2D eigenvalue weighted by Crippen LogP contribution is 2.35. The van der Waals surface area contributed by atoms with Gasteiger partial charge in [-0.15, -0.1) is 0 Å². The molecule has 0 radical (unpaired) electrons. The molecule has 2 heterocycles. The number of fused-ring (bicyclic) bond motifs is 1. The van der Waals surface area contributed by atoms with Gasteiger partial charge in [-0.2, -0.15) is 0 Å². The number of carbonyl (C=O) groups excluding carboxylic acids is 1. The zero-order valence-electron chi connectivity index (χ0n) is 11.4. The van der Waals surface area contributed by atoms with E-state index in [1.807, 2.05) is 23.1 Å². The number of hydrogen-bond donors (Lipinski definition) is 1. The molecule has 2 aliphatic heterocycles. The van der Waals surface area contributed by atoms with Crippen LogP contribution in [0.5, 0.6) is 0 Å². The van der Waals surface area contributed by atoms with Crippen molar-refractivity contribution in [3.63, 3.8) is 0 Å². The van der Waals surface area contributed by atoms with Crippen LogP contribution in [-0.4, -0.2) is 36.7 Å². The molecule has 0 unspecified atom stereocenters. The second-order valence-electron chi connectivity index (χ2n) is 5.73. The molecule has 1 amide bonds. The topological polar surface area (TPSA) is 32.3 Å². The van der Waals surface area contributed by atoms with Crippen LogP contribution in [0.25, 0.3) is 0 Å². The van der Waals surface area contributed by atoms with E-state index in [0.29, 0.717) is 0 Å². The minimum absolute atomic E-state index is 0.166. The lowest BCUT2D eigenvalue weighted by atomic mass is 9.71. The SMILES string of the molecule is B[C@@]12CCCN1C(=O)[C@H](Cc1ccccc1)NC2=C. The molecular formula is C15H19BN2O. The Hall–Kier alpha value is -1.71. The van der Waals surface area contributed by atoms with E-state index in [2.05, 4.69) is 31.9 Å². The molecule has 4 heteroatoms. The lowest BCUT2D eigenvalue weighted by molar-refractivity contribution is -0.136. The predicted octanol–water partition coefficient (Wildman–Crippen LogP) is 0.666. The van der Waals surface area contributed by atoms with Crippen LogP contribution >= 0.6 is 0 Å². The second kappa shape index (κ2) is 4.44. The smallest absolute Gasteiger partial charge is 0.245 e. The van der Waals surface area contributed by atoms with Gasteiger partial charge in [-0.3, -0.25) is 4.79 Å². The van der Waals surface area contributed by atoms with Crippen LogP contribution in [0.15, 0.2) is 42.6 Å². The largest absolute Gasteiger partial charge is 0.376 e. The molecule has 0 saturated carbocycles. The minimum Gasteiger partial charge on any atom is -0.376 e. The Kier molecular flexibility index (Phi) is 2.88. The van der Waals surface area contributed by atoms with Crippen molar-refractivity contribution >= 4 is 13.8 Å². The van der Waals surface area contributed by atoms with Crippen LogP contribution in [0.3, 0.4) is 0 Å². The monoisotopic (exact) mass is 254 g/mol. The van der Waals surface area contributed by atoms with Crippen molar-refractivity contribution in [2.45, 2.75) is 30.7 Å². The maximum atomic E-state index is 12.6. The van der Waals surface area contributed by atoms with Crippen LogP contribution < -0.4 is 5.32 Å². The molecule has 3 rings (SSSR count). The van der Waals surface area contributed by atoms with Crippen molar-refractivity contribution < 1.29 is 4.79 Å². The standard InChI is InChI=1S/C15H19BN2O/c1-11-15(16)8-5-9-18(15)14(19)13(17-11)10-12-6-3-2-4-7-12/h2-4,6-7,13,17H,1,5,8-10,16H2/t13-,15-/m0/s1. The summed E-state index contributed by atoms with van der Waals surface area (Å²) in [6.45, 7) is 5.01. The molecule has 2 atom stereocenters. The lowest BCUT2D eigenvalue weighted by Gasteiger charge is -2.45. The van der Waals surface area contributed by atoms with E-state index in [1.165, 1.54) is 5.56 Å². The van der Waals surface area contributed by atoms with Gasteiger partial charge in [0.15, 0.2) is 0 Å². The lowest BCUT2D eigenvalue weighted by Crippen LogP contribution is -2.64. The van der Waals surface area contributed by atoms with Crippen LogP contribution in [0, 0.1) is 0 Å². The number of carbonyl (C=O) groups is 1. The first-order valence-electron chi connectivity index (χ1n) is 6.92. The number of hydrogen-bond acceptors (Lipinski definition) is 2. The number of benzene rings is 1. The Bertz CT molecular complexity index is 516. The van der Waals surface area contributed by atoms with E-state index in [-0.39, 0.29) is 17.4 Å². The molecule has 0 bridgehead atoms. The fourth-order valence-corrected chi connectivity index (χ4v) is 3.23. The van der Waals surface area contributed by atoms with Crippen molar-refractivity contribution in [1.29, 1.82) is 0 Å². The van der Waals surface area contributed by atoms with Gasteiger partial charge in [0, 0.05) is 24.1 Å². The molecular weight excluding hydrogens is 235 g/mol. The van der Waals surface area contributed by atoms with E-state index >= 15 is 0 Å². The number of amides is 1. The summed E-state index contributed by atoms with van der Waals surface area (Å²) in [5.74, 6) is 0.219. The molecule has 2 fully saturated rings. The average molecular weight is 254 g/mol. The van der Waals surface area contributed by atoms with E-state index in [9.17, 15) is 4.79 Å². The van der Waals surface area contributed by atoms with Crippen LogP contribution in [0.2, 0.25) is 0 Å². The van der Waals surface area contributed by atoms with E-state index in [4.69, 9.17) is 0 Å². The van der Waals surface area contributed by atoms with Gasteiger partial charge in [0.1, 0.15) is 13.9 Å². The zero-order valence-corrected chi connectivity index (χ0v) is 11.4. The third-order valence-corrected chi connectivity index (χ3v) is 4.49. The molecule has 98 valence electrons. The molecule has 1 aromatic rings. The predicted molar refractivity (Wildman–Crippen MR) is 78.4 cm³/mol. The van der Waals surface area contributed by atoms with Gasteiger partial charge < -0.3 is 10.2 Å². The molecule has 19 heavy (non-hydrogen) atoms. The molecule has 2 aliphatic rings. The van der Waals surface area contributed by atoms with Crippen molar-refractivity contribution in [3.8, 4) is 0 Å². The number of nitrogens with zero attached hydrogens (tertiary/aromatic N) is 1. The average Bonchev–Trinajstić information content (AvgIpc) is 2.81. The first-order chi connectivity index (χ1) is 9.11. The molecule has 0 aromatic heterocycles. The first-order valence-corrected chi connectivity index (χ1v) is 6.92. The van der Waals surface area contributed by atoms with Gasteiger partial charge in [0.05, 0.1) is 0 Å². The highest BCUT2D eigenvalue weighted by Gasteiger charge is 2.47. The van der Waals surface area contributed by atoms with E-state index < -0.39 is 0 Å². The first kappa shape index (κ1) is 12.3. The third-order valence-electron chi connectivity index (χ3n) is 4.49. The summed E-state index contributed by atoms with van der Waals surface area (Å²) < 4.78 is 0. The van der Waals surface area contributed by atoms with Gasteiger partial charge in [0.2, 0.25) is 5.91 Å². The summed E-state index contributed by atoms with van der Waals surface area (Å²) in [5, 5.41) is 3.34. The van der Waals surface area contributed by atoms with Crippen molar-refractivity contribution in [2.24, 2.45) is 0 Å². The Morgan fingerprint density at radius 2 is 2.16 bits per heavy atom. The normalized spacial score (nSPS) is 30.1. The fraction of sp³-hybridized carbons (Fsp3) is 0.400. The number of piperazine rings is 1. The van der Waals surface area contributed by atoms with Crippen molar-refractivity contribution in [2.75, 3.05) is 6.54 Å². The van der Waals surface area contributed by atoms with Crippen LogP contribution in [0.4, 0.5) is 0 Å². The summed E-state index contributed by atoms with van der Waals surface area (Å²) in [4.78, 5) is 14.6. The quantitative estimate of drug-likeness (QED) is 0.786. The number of rotatable bonds is 2. The molecule has 2 saturated heterocycles. The molecule has 0 spiro atoms. The molecule has 1 aromatic carbocycles. The summed E-state index contributed by atoms with van der Waals surface area (Å²) in [5.41, 5.74) is 2.00. The summed E-state index contributed by atoms with van der Waals surface area (Å²) in [6.07, 6.45) is 2.81. The van der Waals surface area contributed by atoms with Crippen LogP contribution in [-0.2, 0) is 11.2 Å². The highest BCUT2D eigenvalue weighted by molar-refractivity contribution is 6.19. The Morgan fingerprint density at radius 3 is 2.89 bits per heavy atom. The summed E-state index contributed by atoms with van der Waals surface area (Å²) >= 11 is 0. The highest BCUT2D eigenvalue weighted by atomic mass is 16.2. The van der Waals surface area contributed by atoms with Gasteiger partial charge in [-0.25, -0.2) is 0 Å². The van der Waals surface area contributed by atoms with E-state index in [0.717, 1.165) is 31.5 Å².